The van der Waals surface area contributed by atoms with Gasteiger partial charge in [0.05, 0.1) is 17.7 Å². The standard InChI is InChI=1S/C11H15N5O2S/c12-11-9(2-1-3-10(11)19(13,17)18)15-5-4-8-6-14-7-16-8/h1-3,6-7,15H,4-5,12H2,(H,14,16)(H2,13,17,18). The number of nitrogens with zero attached hydrogens (tertiary/aromatic N) is 1. The van der Waals surface area contributed by atoms with Gasteiger partial charge in [0.2, 0.25) is 10.0 Å². The SMILES string of the molecule is Nc1c(NCCc2cnc[nH]2)cccc1S(N)(=O)=O. The van der Waals surface area contributed by atoms with E-state index in [1.54, 1.807) is 24.7 Å². The first-order valence-corrected chi connectivity index (χ1v) is 7.15. The molecule has 0 amide bonds. The van der Waals surface area contributed by atoms with Crippen molar-refractivity contribution in [3.8, 4) is 0 Å². The maximum absolute atomic E-state index is 11.3. The summed E-state index contributed by atoms with van der Waals surface area (Å²) in [6, 6.07) is 4.68. The molecule has 0 aliphatic rings. The molecular weight excluding hydrogens is 266 g/mol. The first kappa shape index (κ1) is 13.4. The molecule has 0 aliphatic heterocycles. The van der Waals surface area contributed by atoms with E-state index in [4.69, 9.17) is 10.9 Å². The van der Waals surface area contributed by atoms with E-state index in [1.807, 2.05) is 0 Å². The van der Waals surface area contributed by atoms with Crippen LogP contribution in [0.3, 0.4) is 0 Å². The molecule has 19 heavy (non-hydrogen) atoms. The lowest BCUT2D eigenvalue weighted by molar-refractivity contribution is 0.598. The minimum atomic E-state index is -3.81. The number of benzene rings is 1. The van der Waals surface area contributed by atoms with Gasteiger partial charge in [-0.05, 0) is 12.1 Å². The summed E-state index contributed by atoms with van der Waals surface area (Å²) in [5.41, 5.74) is 7.45. The summed E-state index contributed by atoms with van der Waals surface area (Å²) in [5.74, 6) is 0. The third kappa shape index (κ3) is 3.24. The number of para-hydroxylation sites is 1. The van der Waals surface area contributed by atoms with E-state index in [0.717, 1.165) is 12.1 Å². The van der Waals surface area contributed by atoms with E-state index in [0.29, 0.717) is 12.2 Å². The van der Waals surface area contributed by atoms with Crippen molar-refractivity contribution in [2.24, 2.45) is 5.14 Å². The molecule has 0 radical (unpaired) electrons. The maximum atomic E-state index is 11.3. The first-order valence-electron chi connectivity index (χ1n) is 5.61. The number of imidazole rings is 1. The average Bonchev–Trinajstić information content (AvgIpc) is 2.83. The van der Waals surface area contributed by atoms with Gasteiger partial charge in [0.25, 0.3) is 0 Å². The lowest BCUT2D eigenvalue weighted by Crippen LogP contribution is -2.16. The van der Waals surface area contributed by atoms with Crippen molar-refractivity contribution in [1.82, 2.24) is 9.97 Å². The Morgan fingerprint density at radius 2 is 2.16 bits per heavy atom. The minimum Gasteiger partial charge on any atom is -0.396 e. The maximum Gasteiger partial charge on any atom is 0.240 e. The second kappa shape index (κ2) is 5.29. The third-order valence-electron chi connectivity index (χ3n) is 2.64. The van der Waals surface area contributed by atoms with Crippen LogP contribution in [0.5, 0.6) is 0 Å². The number of aromatic amines is 1. The molecule has 0 saturated carbocycles. The first-order chi connectivity index (χ1) is 8.98. The highest BCUT2D eigenvalue weighted by Crippen LogP contribution is 2.25. The van der Waals surface area contributed by atoms with Crippen LogP contribution in [0.25, 0.3) is 0 Å². The molecule has 102 valence electrons. The average molecular weight is 281 g/mol. The lowest BCUT2D eigenvalue weighted by atomic mass is 10.2. The van der Waals surface area contributed by atoms with Gasteiger partial charge in [-0.3, -0.25) is 0 Å². The summed E-state index contributed by atoms with van der Waals surface area (Å²) >= 11 is 0. The number of nitrogen functional groups attached to an aromatic ring is 1. The van der Waals surface area contributed by atoms with Gasteiger partial charge < -0.3 is 16.0 Å². The monoisotopic (exact) mass is 281 g/mol. The highest BCUT2D eigenvalue weighted by atomic mass is 32.2. The van der Waals surface area contributed by atoms with Crippen LogP contribution in [0.15, 0.2) is 35.6 Å². The molecular formula is C11H15N5O2S. The van der Waals surface area contributed by atoms with Crippen LogP contribution >= 0.6 is 0 Å². The lowest BCUT2D eigenvalue weighted by Gasteiger charge is -2.11. The Balaban J connectivity index is 2.09. The molecule has 2 rings (SSSR count). The molecule has 0 bridgehead atoms. The zero-order valence-electron chi connectivity index (χ0n) is 10.1. The molecule has 1 heterocycles. The Morgan fingerprint density at radius 1 is 1.37 bits per heavy atom. The van der Waals surface area contributed by atoms with Crippen LogP contribution in [0, 0.1) is 0 Å². The number of aromatic nitrogens is 2. The second-order valence-corrected chi connectivity index (χ2v) is 5.55. The van der Waals surface area contributed by atoms with Gasteiger partial charge >= 0.3 is 0 Å². The molecule has 0 unspecified atom stereocenters. The quantitative estimate of drug-likeness (QED) is 0.586. The molecule has 1 aromatic carbocycles. The summed E-state index contributed by atoms with van der Waals surface area (Å²) in [4.78, 5) is 6.81. The number of hydrogen-bond donors (Lipinski definition) is 4. The van der Waals surface area contributed by atoms with Crippen molar-refractivity contribution in [3.63, 3.8) is 0 Å². The molecule has 0 saturated heterocycles. The smallest absolute Gasteiger partial charge is 0.240 e. The Morgan fingerprint density at radius 3 is 2.79 bits per heavy atom. The van der Waals surface area contributed by atoms with E-state index >= 15 is 0 Å². The number of anilines is 2. The van der Waals surface area contributed by atoms with Crippen molar-refractivity contribution in [3.05, 3.63) is 36.4 Å². The Kier molecular flexibility index (Phi) is 3.72. The summed E-state index contributed by atoms with van der Waals surface area (Å²) in [6.45, 7) is 0.598. The summed E-state index contributed by atoms with van der Waals surface area (Å²) in [6.07, 6.45) is 4.05. The zero-order chi connectivity index (χ0) is 13.9. The fraction of sp³-hybridized carbons (Fsp3) is 0.182. The van der Waals surface area contributed by atoms with Crippen molar-refractivity contribution >= 4 is 21.4 Å². The molecule has 0 spiro atoms. The minimum absolute atomic E-state index is 0.0703. The molecule has 8 heteroatoms. The van der Waals surface area contributed by atoms with E-state index < -0.39 is 10.0 Å². The molecule has 0 fully saturated rings. The van der Waals surface area contributed by atoms with Crippen molar-refractivity contribution in [2.45, 2.75) is 11.3 Å². The molecule has 1 aromatic heterocycles. The zero-order valence-corrected chi connectivity index (χ0v) is 10.9. The number of H-pyrrole nitrogens is 1. The Hall–Kier alpha value is -2.06. The number of rotatable bonds is 5. The van der Waals surface area contributed by atoms with Crippen LogP contribution in [-0.2, 0) is 16.4 Å². The Labute approximate surface area is 111 Å². The molecule has 0 atom stereocenters. The van der Waals surface area contributed by atoms with Gasteiger partial charge in [-0.1, -0.05) is 6.07 Å². The molecule has 2 aromatic rings. The van der Waals surface area contributed by atoms with Gasteiger partial charge in [-0.25, -0.2) is 18.5 Å². The van der Waals surface area contributed by atoms with Crippen molar-refractivity contribution < 1.29 is 8.42 Å². The van der Waals surface area contributed by atoms with E-state index in [9.17, 15) is 8.42 Å². The number of sulfonamides is 1. The fourth-order valence-corrected chi connectivity index (χ4v) is 2.38. The second-order valence-electron chi connectivity index (χ2n) is 4.02. The predicted molar refractivity (Wildman–Crippen MR) is 73.0 cm³/mol. The summed E-state index contributed by atoms with van der Waals surface area (Å²) in [5, 5.41) is 8.15. The number of nitrogens with one attached hydrogen (secondary N) is 2. The third-order valence-corrected chi connectivity index (χ3v) is 3.61. The fourth-order valence-electron chi connectivity index (χ4n) is 1.70. The highest BCUT2D eigenvalue weighted by Gasteiger charge is 2.14. The van der Waals surface area contributed by atoms with E-state index in [-0.39, 0.29) is 10.6 Å². The van der Waals surface area contributed by atoms with E-state index in [2.05, 4.69) is 15.3 Å². The molecule has 6 N–H and O–H groups in total. The van der Waals surface area contributed by atoms with Crippen molar-refractivity contribution in [1.29, 1.82) is 0 Å². The van der Waals surface area contributed by atoms with Crippen LogP contribution in [0.1, 0.15) is 5.69 Å². The topological polar surface area (TPSA) is 127 Å². The molecule has 0 aliphatic carbocycles. The largest absolute Gasteiger partial charge is 0.396 e. The summed E-state index contributed by atoms with van der Waals surface area (Å²) < 4.78 is 22.6. The number of hydrogen-bond acceptors (Lipinski definition) is 5. The van der Waals surface area contributed by atoms with Gasteiger partial charge in [-0.2, -0.15) is 0 Å². The number of nitrogens with two attached hydrogens (primary N) is 2. The van der Waals surface area contributed by atoms with Gasteiger partial charge in [0.1, 0.15) is 4.90 Å². The van der Waals surface area contributed by atoms with Crippen LogP contribution in [0.4, 0.5) is 11.4 Å². The summed E-state index contributed by atoms with van der Waals surface area (Å²) in [7, 11) is -3.81. The van der Waals surface area contributed by atoms with Gasteiger partial charge in [-0.15, -0.1) is 0 Å². The normalized spacial score (nSPS) is 11.4. The highest BCUT2D eigenvalue weighted by molar-refractivity contribution is 7.89. The van der Waals surface area contributed by atoms with E-state index in [1.165, 1.54) is 6.07 Å². The molecule has 7 nitrogen and oxygen atoms in total. The van der Waals surface area contributed by atoms with Gasteiger partial charge in [0.15, 0.2) is 0 Å². The number of primary sulfonamides is 1. The van der Waals surface area contributed by atoms with Crippen LogP contribution < -0.4 is 16.2 Å². The Bertz CT molecular complexity index is 652. The van der Waals surface area contributed by atoms with Crippen LogP contribution in [-0.4, -0.2) is 24.9 Å². The predicted octanol–water partition coefficient (Wildman–Crippen LogP) is 0.294. The van der Waals surface area contributed by atoms with Crippen LogP contribution in [0.2, 0.25) is 0 Å². The van der Waals surface area contributed by atoms with Crippen molar-refractivity contribution in [2.75, 3.05) is 17.6 Å². The van der Waals surface area contributed by atoms with Gasteiger partial charge in [0, 0.05) is 24.9 Å².